The second-order valence-corrected chi connectivity index (χ2v) is 6.29. The lowest BCUT2D eigenvalue weighted by Gasteiger charge is -2.04. The Balaban J connectivity index is 2.03. The second-order valence-electron chi connectivity index (χ2n) is 3.83. The summed E-state index contributed by atoms with van der Waals surface area (Å²) in [6.07, 6.45) is -0.0217. The van der Waals surface area contributed by atoms with Gasteiger partial charge in [0.25, 0.3) is 5.91 Å². The molecule has 98 valence electrons. The van der Waals surface area contributed by atoms with Gasteiger partial charge in [0.15, 0.2) is 0 Å². The molecule has 0 saturated heterocycles. The number of anilines is 1. The van der Waals surface area contributed by atoms with Gasteiger partial charge >= 0.3 is 5.97 Å². The van der Waals surface area contributed by atoms with Crippen LogP contribution in [0.1, 0.15) is 15.2 Å². The Morgan fingerprint density at radius 3 is 2.37 bits per heavy atom. The van der Waals surface area contributed by atoms with Crippen LogP contribution in [0, 0.1) is 0 Å². The number of carbonyl (C=O) groups excluding carboxylic acids is 1. The Kier molecular flexibility index (Phi) is 4.34. The zero-order chi connectivity index (χ0) is 13.8. The lowest BCUT2D eigenvalue weighted by atomic mass is 10.1. The SMILES string of the molecule is O=C(O)Cc1ccc(NC(=O)c2ccc(Br)s2)cc1. The topological polar surface area (TPSA) is 66.4 Å². The van der Waals surface area contributed by atoms with Crippen molar-refractivity contribution in [3.05, 3.63) is 50.6 Å². The van der Waals surface area contributed by atoms with Crippen molar-refractivity contribution in [2.45, 2.75) is 6.42 Å². The fourth-order valence-electron chi connectivity index (χ4n) is 1.51. The van der Waals surface area contributed by atoms with E-state index in [2.05, 4.69) is 21.2 Å². The molecular formula is C13H10BrNO3S. The van der Waals surface area contributed by atoms with Crippen LogP contribution in [0.15, 0.2) is 40.2 Å². The highest BCUT2D eigenvalue weighted by molar-refractivity contribution is 9.11. The summed E-state index contributed by atoms with van der Waals surface area (Å²) in [7, 11) is 0. The van der Waals surface area contributed by atoms with E-state index >= 15 is 0 Å². The predicted molar refractivity (Wildman–Crippen MR) is 77.8 cm³/mol. The van der Waals surface area contributed by atoms with Crippen LogP contribution < -0.4 is 5.32 Å². The number of halogens is 1. The molecule has 0 saturated carbocycles. The summed E-state index contributed by atoms with van der Waals surface area (Å²) >= 11 is 4.65. The van der Waals surface area contributed by atoms with E-state index < -0.39 is 5.97 Å². The molecule has 0 spiro atoms. The number of hydrogen-bond acceptors (Lipinski definition) is 3. The number of thiophene rings is 1. The average molecular weight is 340 g/mol. The van der Waals surface area contributed by atoms with Gasteiger partial charge in [-0.2, -0.15) is 0 Å². The van der Waals surface area contributed by atoms with E-state index in [1.54, 1.807) is 30.3 Å². The molecule has 0 unspecified atom stereocenters. The number of carboxylic acids is 1. The van der Waals surface area contributed by atoms with Gasteiger partial charge in [0.2, 0.25) is 0 Å². The molecule has 1 amide bonds. The highest BCUT2D eigenvalue weighted by Crippen LogP contribution is 2.23. The first-order valence-corrected chi connectivity index (χ1v) is 7.03. The maximum absolute atomic E-state index is 11.9. The van der Waals surface area contributed by atoms with Crippen LogP contribution in [0.2, 0.25) is 0 Å². The molecule has 2 N–H and O–H groups in total. The Hall–Kier alpha value is -1.66. The second kappa shape index (κ2) is 5.99. The molecule has 19 heavy (non-hydrogen) atoms. The number of rotatable bonds is 4. The van der Waals surface area contributed by atoms with Gasteiger partial charge in [0.1, 0.15) is 0 Å². The van der Waals surface area contributed by atoms with Gasteiger partial charge in [-0.1, -0.05) is 12.1 Å². The summed E-state index contributed by atoms with van der Waals surface area (Å²) < 4.78 is 0.898. The maximum Gasteiger partial charge on any atom is 0.307 e. The monoisotopic (exact) mass is 339 g/mol. The third-order valence-corrected chi connectivity index (χ3v) is 3.99. The van der Waals surface area contributed by atoms with Gasteiger partial charge in [-0.3, -0.25) is 9.59 Å². The first-order valence-electron chi connectivity index (χ1n) is 5.42. The van der Waals surface area contributed by atoms with Gasteiger partial charge in [-0.05, 0) is 45.8 Å². The maximum atomic E-state index is 11.9. The Labute approximate surface area is 122 Å². The van der Waals surface area contributed by atoms with Crippen molar-refractivity contribution in [3.63, 3.8) is 0 Å². The van der Waals surface area contributed by atoms with E-state index in [0.29, 0.717) is 16.1 Å². The number of carbonyl (C=O) groups is 2. The van der Waals surface area contributed by atoms with Crippen molar-refractivity contribution in [3.8, 4) is 0 Å². The lowest BCUT2D eigenvalue weighted by Crippen LogP contribution is -2.10. The molecule has 1 aromatic carbocycles. The number of hydrogen-bond donors (Lipinski definition) is 2. The largest absolute Gasteiger partial charge is 0.481 e. The van der Waals surface area contributed by atoms with Gasteiger partial charge < -0.3 is 10.4 Å². The summed E-state index contributed by atoms with van der Waals surface area (Å²) in [5, 5.41) is 11.4. The van der Waals surface area contributed by atoms with Gasteiger partial charge in [-0.15, -0.1) is 11.3 Å². The number of aliphatic carboxylic acids is 1. The van der Waals surface area contributed by atoms with E-state index in [9.17, 15) is 9.59 Å². The van der Waals surface area contributed by atoms with Crippen molar-refractivity contribution >= 4 is 44.8 Å². The minimum atomic E-state index is -0.875. The quantitative estimate of drug-likeness (QED) is 0.897. The molecule has 6 heteroatoms. The number of carboxylic acid groups (broad SMARTS) is 1. The highest BCUT2D eigenvalue weighted by Gasteiger charge is 2.08. The molecule has 2 aromatic rings. The lowest BCUT2D eigenvalue weighted by molar-refractivity contribution is -0.136. The fourth-order valence-corrected chi connectivity index (χ4v) is 2.79. The highest BCUT2D eigenvalue weighted by atomic mass is 79.9. The summed E-state index contributed by atoms with van der Waals surface area (Å²) in [5.74, 6) is -1.05. The van der Waals surface area contributed by atoms with Crippen molar-refractivity contribution in [2.75, 3.05) is 5.32 Å². The summed E-state index contributed by atoms with van der Waals surface area (Å²) in [5.41, 5.74) is 1.34. The molecule has 0 fully saturated rings. The zero-order valence-corrected chi connectivity index (χ0v) is 12.1. The molecule has 4 nitrogen and oxygen atoms in total. The van der Waals surface area contributed by atoms with Crippen LogP contribution in [-0.2, 0) is 11.2 Å². The summed E-state index contributed by atoms with van der Waals surface area (Å²) in [6, 6.07) is 10.3. The van der Waals surface area contributed by atoms with Crippen molar-refractivity contribution in [1.29, 1.82) is 0 Å². The Bertz CT molecular complexity index is 607. The normalized spacial score (nSPS) is 10.2. The average Bonchev–Trinajstić information content (AvgIpc) is 2.78. The molecule has 1 heterocycles. The van der Waals surface area contributed by atoms with Crippen LogP contribution in [0.25, 0.3) is 0 Å². The standard InChI is InChI=1S/C13H10BrNO3S/c14-11-6-5-10(19-11)13(18)15-9-3-1-8(2-4-9)7-12(16)17/h1-6H,7H2,(H,15,18)(H,16,17). The summed E-state index contributed by atoms with van der Waals surface area (Å²) in [4.78, 5) is 23.0. The molecule has 2 rings (SSSR count). The van der Waals surface area contributed by atoms with Gasteiger partial charge in [-0.25, -0.2) is 0 Å². The molecule has 0 aliphatic heterocycles. The van der Waals surface area contributed by atoms with Crippen LogP contribution in [0.3, 0.4) is 0 Å². The zero-order valence-electron chi connectivity index (χ0n) is 9.72. The molecular weight excluding hydrogens is 330 g/mol. The minimum absolute atomic E-state index is 0.0217. The minimum Gasteiger partial charge on any atom is -0.481 e. The van der Waals surface area contributed by atoms with Crippen LogP contribution in [0.5, 0.6) is 0 Å². The van der Waals surface area contributed by atoms with E-state index in [0.717, 1.165) is 3.79 Å². The molecule has 0 radical (unpaired) electrons. The predicted octanol–water partition coefficient (Wildman–Crippen LogP) is 3.39. The Morgan fingerprint density at radius 2 is 1.84 bits per heavy atom. The first-order chi connectivity index (χ1) is 9.04. The van der Waals surface area contributed by atoms with Gasteiger partial charge in [0.05, 0.1) is 15.1 Å². The third kappa shape index (κ3) is 3.90. The van der Waals surface area contributed by atoms with Crippen molar-refractivity contribution in [1.82, 2.24) is 0 Å². The van der Waals surface area contributed by atoms with E-state index in [4.69, 9.17) is 5.11 Å². The van der Waals surface area contributed by atoms with E-state index in [1.165, 1.54) is 11.3 Å². The molecule has 0 aliphatic carbocycles. The van der Waals surface area contributed by atoms with Crippen LogP contribution >= 0.6 is 27.3 Å². The number of nitrogens with one attached hydrogen (secondary N) is 1. The van der Waals surface area contributed by atoms with Gasteiger partial charge in [0, 0.05) is 5.69 Å². The van der Waals surface area contributed by atoms with Crippen LogP contribution in [-0.4, -0.2) is 17.0 Å². The Morgan fingerprint density at radius 1 is 1.16 bits per heavy atom. The fraction of sp³-hybridized carbons (Fsp3) is 0.0769. The van der Waals surface area contributed by atoms with Crippen LogP contribution in [0.4, 0.5) is 5.69 Å². The smallest absolute Gasteiger partial charge is 0.307 e. The van der Waals surface area contributed by atoms with E-state index in [1.807, 2.05) is 6.07 Å². The number of amides is 1. The molecule has 0 aliphatic rings. The summed E-state index contributed by atoms with van der Waals surface area (Å²) in [6.45, 7) is 0. The molecule has 1 aromatic heterocycles. The van der Waals surface area contributed by atoms with Crippen molar-refractivity contribution < 1.29 is 14.7 Å². The number of benzene rings is 1. The van der Waals surface area contributed by atoms with Crippen molar-refractivity contribution in [2.24, 2.45) is 0 Å². The first kappa shape index (κ1) is 13.8. The van der Waals surface area contributed by atoms with E-state index in [-0.39, 0.29) is 12.3 Å². The molecule has 0 bridgehead atoms. The third-order valence-electron chi connectivity index (χ3n) is 2.36. The molecule has 0 atom stereocenters.